The van der Waals surface area contributed by atoms with Crippen molar-refractivity contribution in [2.75, 3.05) is 13.2 Å². The van der Waals surface area contributed by atoms with Gasteiger partial charge in [-0.05, 0) is 83.5 Å². The minimum Gasteiger partial charge on any atom is -0.462 e. The number of hydrogen-bond acceptors (Lipinski definition) is 6. The zero-order chi connectivity index (χ0) is 50.7. The van der Waals surface area contributed by atoms with Crippen molar-refractivity contribution in [1.29, 1.82) is 0 Å². The third kappa shape index (κ3) is 56.3. The van der Waals surface area contributed by atoms with Crippen LogP contribution in [0.4, 0.5) is 0 Å². The maximum atomic E-state index is 12.9. The average Bonchev–Trinajstić information content (AvgIpc) is 3.36. The quantitative estimate of drug-likeness (QED) is 0.0261. The molecule has 0 aliphatic rings. The van der Waals surface area contributed by atoms with Crippen molar-refractivity contribution in [3.05, 3.63) is 48.6 Å². The van der Waals surface area contributed by atoms with Crippen LogP contribution in [0.25, 0.3) is 0 Å². The maximum Gasteiger partial charge on any atom is 0.306 e. The van der Waals surface area contributed by atoms with E-state index >= 15 is 0 Å². The van der Waals surface area contributed by atoms with Crippen LogP contribution in [-0.2, 0) is 28.6 Å². The van der Waals surface area contributed by atoms with E-state index in [-0.39, 0.29) is 31.1 Å². The highest BCUT2D eigenvalue weighted by molar-refractivity contribution is 5.71. The van der Waals surface area contributed by atoms with E-state index < -0.39 is 6.10 Å². The SMILES string of the molecule is CCCCC/C=C/C/C=C/CCCCCCCCCCCC(=O)OC[C@@H](COC(=O)CCCCCCCCCCCCCCCC)OC(=O)CCCCCCCCCCC/C=C/C/C=C/CCCCC. The number of hydrogen-bond donors (Lipinski definition) is 0. The predicted molar refractivity (Wildman–Crippen MR) is 302 cm³/mol. The highest BCUT2D eigenvalue weighted by Crippen LogP contribution is 2.17. The number of carbonyl (C=O) groups excluding carboxylic acids is 3. The average molecular weight is 982 g/mol. The highest BCUT2D eigenvalue weighted by atomic mass is 16.6. The van der Waals surface area contributed by atoms with Crippen molar-refractivity contribution in [3.8, 4) is 0 Å². The fraction of sp³-hybridized carbons (Fsp3) is 0.828. The Morgan fingerprint density at radius 3 is 0.814 bits per heavy atom. The van der Waals surface area contributed by atoms with Crippen molar-refractivity contribution in [3.63, 3.8) is 0 Å². The summed E-state index contributed by atoms with van der Waals surface area (Å²) in [7, 11) is 0. The first-order valence-corrected chi connectivity index (χ1v) is 30.6. The van der Waals surface area contributed by atoms with E-state index in [9.17, 15) is 14.4 Å². The number of carbonyl (C=O) groups is 3. The molecule has 0 saturated carbocycles. The van der Waals surface area contributed by atoms with Crippen LogP contribution in [0.15, 0.2) is 48.6 Å². The van der Waals surface area contributed by atoms with Crippen LogP contribution in [-0.4, -0.2) is 37.2 Å². The van der Waals surface area contributed by atoms with Gasteiger partial charge in [0.15, 0.2) is 6.10 Å². The Morgan fingerprint density at radius 2 is 0.514 bits per heavy atom. The van der Waals surface area contributed by atoms with Gasteiger partial charge in [0.05, 0.1) is 0 Å². The van der Waals surface area contributed by atoms with Gasteiger partial charge in [-0.15, -0.1) is 0 Å². The molecular weight excluding hydrogens is 865 g/mol. The van der Waals surface area contributed by atoms with Gasteiger partial charge in [0.2, 0.25) is 0 Å². The van der Waals surface area contributed by atoms with E-state index in [1.54, 1.807) is 0 Å². The molecule has 70 heavy (non-hydrogen) atoms. The van der Waals surface area contributed by atoms with Gasteiger partial charge < -0.3 is 14.2 Å². The molecule has 6 heteroatoms. The summed E-state index contributed by atoms with van der Waals surface area (Å²) in [6.45, 7) is 6.63. The molecule has 0 bridgehead atoms. The Kier molecular flexibility index (Phi) is 56.7. The van der Waals surface area contributed by atoms with Gasteiger partial charge >= 0.3 is 17.9 Å². The molecule has 0 aromatic rings. The van der Waals surface area contributed by atoms with Crippen LogP contribution < -0.4 is 0 Å². The molecule has 6 nitrogen and oxygen atoms in total. The highest BCUT2D eigenvalue weighted by Gasteiger charge is 2.19. The van der Waals surface area contributed by atoms with Crippen LogP contribution in [0, 0.1) is 0 Å². The van der Waals surface area contributed by atoms with Crippen molar-refractivity contribution >= 4 is 17.9 Å². The molecule has 0 aromatic carbocycles. The molecule has 0 heterocycles. The molecule has 0 amide bonds. The van der Waals surface area contributed by atoms with Crippen LogP contribution in [0.2, 0.25) is 0 Å². The standard InChI is InChI=1S/C64H116O6/c1-4-7-10-13-16-19-22-25-28-30-32-34-36-39-42-45-48-51-54-57-63(66)69-60-61(59-68-62(65)56-53-50-47-44-41-38-27-24-21-18-15-12-9-6-3)70-64(67)58-55-52-49-46-43-40-37-35-33-31-29-26-23-20-17-14-11-8-5-2/h16-17,19-20,25-26,28-29,61H,4-15,18,21-24,27,30-60H2,1-3H3/b19-16+,20-17+,28-25+,29-26+/t61-/m1/s1. The second kappa shape index (κ2) is 58.9. The summed E-state index contributed by atoms with van der Waals surface area (Å²) in [6, 6.07) is 0. The molecule has 1 atom stereocenters. The Hall–Kier alpha value is -2.63. The normalized spacial score (nSPS) is 12.3. The third-order valence-electron chi connectivity index (χ3n) is 13.6. The Bertz CT molecular complexity index is 1220. The van der Waals surface area contributed by atoms with Gasteiger partial charge in [0.25, 0.3) is 0 Å². The zero-order valence-corrected chi connectivity index (χ0v) is 46.8. The molecule has 0 saturated heterocycles. The van der Waals surface area contributed by atoms with Gasteiger partial charge in [-0.25, -0.2) is 0 Å². The molecule has 0 unspecified atom stereocenters. The number of esters is 3. The van der Waals surface area contributed by atoms with Crippen molar-refractivity contribution in [2.24, 2.45) is 0 Å². The Labute approximate surface area is 435 Å². The maximum absolute atomic E-state index is 12.9. The summed E-state index contributed by atoms with van der Waals surface area (Å²) in [6.07, 6.45) is 72.4. The van der Waals surface area contributed by atoms with Gasteiger partial charge in [-0.1, -0.05) is 268 Å². The monoisotopic (exact) mass is 981 g/mol. The van der Waals surface area contributed by atoms with E-state index in [1.807, 2.05) is 0 Å². The lowest BCUT2D eigenvalue weighted by Crippen LogP contribution is -2.30. The van der Waals surface area contributed by atoms with Crippen LogP contribution in [0.5, 0.6) is 0 Å². The fourth-order valence-corrected chi connectivity index (χ4v) is 8.92. The van der Waals surface area contributed by atoms with E-state index in [1.165, 1.54) is 212 Å². The molecule has 0 spiro atoms. The molecule has 0 aromatic heterocycles. The first kappa shape index (κ1) is 67.4. The van der Waals surface area contributed by atoms with Gasteiger partial charge in [-0.2, -0.15) is 0 Å². The number of allylic oxidation sites excluding steroid dienone is 8. The van der Waals surface area contributed by atoms with E-state index in [2.05, 4.69) is 69.4 Å². The lowest BCUT2D eigenvalue weighted by molar-refractivity contribution is -0.167. The molecule has 0 fully saturated rings. The number of unbranched alkanes of at least 4 members (excludes halogenated alkanes) is 37. The minimum atomic E-state index is -0.775. The van der Waals surface area contributed by atoms with Crippen LogP contribution in [0.3, 0.4) is 0 Å². The second-order valence-electron chi connectivity index (χ2n) is 20.6. The Balaban J connectivity index is 4.34. The second-order valence-corrected chi connectivity index (χ2v) is 20.6. The van der Waals surface area contributed by atoms with E-state index in [0.29, 0.717) is 19.3 Å². The van der Waals surface area contributed by atoms with Gasteiger partial charge in [0, 0.05) is 19.3 Å². The third-order valence-corrected chi connectivity index (χ3v) is 13.6. The van der Waals surface area contributed by atoms with Gasteiger partial charge in [-0.3, -0.25) is 14.4 Å². The summed E-state index contributed by atoms with van der Waals surface area (Å²) < 4.78 is 16.9. The van der Waals surface area contributed by atoms with Crippen molar-refractivity contribution < 1.29 is 28.6 Å². The zero-order valence-electron chi connectivity index (χ0n) is 46.8. The molecule has 0 rings (SSSR count). The molecule has 408 valence electrons. The van der Waals surface area contributed by atoms with Crippen molar-refractivity contribution in [1.82, 2.24) is 0 Å². The summed E-state index contributed by atoms with van der Waals surface area (Å²) in [4.78, 5) is 38.2. The summed E-state index contributed by atoms with van der Waals surface area (Å²) in [5, 5.41) is 0. The van der Waals surface area contributed by atoms with Gasteiger partial charge in [0.1, 0.15) is 13.2 Å². The van der Waals surface area contributed by atoms with Crippen LogP contribution >= 0.6 is 0 Å². The minimum absolute atomic E-state index is 0.0726. The first-order chi connectivity index (χ1) is 34.5. The Morgan fingerprint density at radius 1 is 0.286 bits per heavy atom. The number of rotatable bonds is 56. The molecular formula is C64H116O6. The molecule has 0 N–H and O–H groups in total. The fourth-order valence-electron chi connectivity index (χ4n) is 8.92. The molecule has 0 radical (unpaired) electrons. The lowest BCUT2D eigenvalue weighted by Gasteiger charge is -2.18. The smallest absolute Gasteiger partial charge is 0.306 e. The van der Waals surface area contributed by atoms with E-state index in [0.717, 1.165) is 70.6 Å². The summed E-state index contributed by atoms with van der Waals surface area (Å²) in [5.41, 5.74) is 0. The van der Waals surface area contributed by atoms with Crippen LogP contribution in [0.1, 0.15) is 323 Å². The molecule has 0 aliphatic carbocycles. The topological polar surface area (TPSA) is 78.9 Å². The molecule has 0 aliphatic heterocycles. The summed E-state index contributed by atoms with van der Waals surface area (Å²) >= 11 is 0. The lowest BCUT2D eigenvalue weighted by atomic mass is 10.0. The van der Waals surface area contributed by atoms with Crippen molar-refractivity contribution in [2.45, 2.75) is 329 Å². The first-order valence-electron chi connectivity index (χ1n) is 30.6. The van der Waals surface area contributed by atoms with E-state index in [4.69, 9.17) is 14.2 Å². The summed E-state index contributed by atoms with van der Waals surface area (Å²) in [5.74, 6) is -0.863. The predicted octanol–water partition coefficient (Wildman–Crippen LogP) is 20.6. The number of ether oxygens (including phenoxy) is 3. The largest absolute Gasteiger partial charge is 0.462 e.